The van der Waals surface area contributed by atoms with Crippen LogP contribution in [0.25, 0.3) is 0 Å². The fourth-order valence-electron chi connectivity index (χ4n) is 1.12. The van der Waals surface area contributed by atoms with Crippen LogP contribution in [0, 0.1) is 0 Å². The van der Waals surface area contributed by atoms with Gasteiger partial charge in [0.25, 0.3) is 5.91 Å². The van der Waals surface area contributed by atoms with Crippen LogP contribution in [0.2, 0.25) is 0 Å². The number of aliphatic hydroxyl groups is 1. The molecule has 1 rings (SSSR count). The molecule has 0 radical (unpaired) electrons. The van der Waals surface area contributed by atoms with E-state index in [1.807, 2.05) is 6.92 Å². The van der Waals surface area contributed by atoms with Gasteiger partial charge < -0.3 is 15.7 Å². The summed E-state index contributed by atoms with van der Waals surface area (Å²) in [5.41, 5.74) is 5.39. The minimum Gasteiger partial charge on any atom is -0.396 e. The topological polar surface area (TPSA) is 92.3 Å². The Morgan fingerprint density at radius 1 is 1.60 bits per heavy atom. The molecule has 15 heavy (non-hydrogen) atoms. The van der Waals surface area contributed by atoms with Crippen molar-refractivity contribution in [3.05, 3.63) is 5.01 Å². The molecule has 0 saturated carbocycles. The van der Waals surface area contributed by atoms with E-state index in [1.54, 1.807) is 4.90 Å². The van der Waals surface area contributed by atoms with Gasteiger partial charge >= 0.3 is 0 Å². The minimum absolute atomic E-state index is 0.0715. The van der Waals surface area contributed by atoms with Gasteiger partial charge in [-0.25, -0.2) is 0 Å². The first-order valence-corrected chi connectivity index (χ1v) is 5.49. The van der Waals surface area contributed by atoms with Gasteiger partial charge in [0.2, 0.25) is 10.1 Å². The van der Waals surface area contributed by atoms with E-state index in [-0.39, 0.29) is 17.6 Å². The number of nitrogens with zero attached hydrogens (tertiary/aromatic N) is 3. The SMILES string of the molecule is CCN(CCCO)C(=O)c1nnc(N)s1. The van der Waals surface area contributed by atoms with E-state index in [1.165, 1.54) is 0 Å². The van der Waals surface area contributed by atoms with E-state index >= 15 is 0 Å². The van der Waals surface area contributed by atoms with E-state index < -0.39 is 0 Å². The number of carbonyl (C=O) groups is 1. The lowest BCUT2D eigenvalue weighted by atomic mass is 10.4. The average Bonchev–Trinajstić information content (AvgIpc) is 2.65. The summed E-state index contributed by atoms with van der Waals surface area (Å²) < 4.78 is 0. The van der Waals surface area contributed by atoms with Crippen molar-refractivity contribution in [3.8, 4) is 0 Å². The highest BCUT2D eigenvalue weighted by atomic mass is 32.1. The van der Waals surface area contributed by atoms with Crippen LogP contribution in [0.15, 0.2) is 0 Å². The summed E-state index contributed by atoms with van der Waals surface area (Å²) in [5.74, 6) is -0.180. The molecule has 0 atom stereocenters. The maximum absolute atomic E-state index is 11.8. The van der Waals surface area contributed by atoms with Gasteiger partial charge in [0, 0.05) is 19.7 Å². The molecule has 0 bridgehead atoms. The number of hydrogen-bond acceptors (Lipinski definition) is 6. The Balaban J connectivity index is 2.64. The zero-order valence-corrected chi connectivity index (χ0v) is 9.33. The summed E-state index contributed by atoms with van der Waals surface area (Å²) in [6.45, 7) is 3.05. The largest absolute Gasteiger partial charge is 0.396 e. The highest BCUT2D eigenvalue weighted by Crippen LogP contribution is 2.13. The molecule has 1 aromatic heterocycles. The Labute approximate surface area is 91.7 Å². The fraction of sp³-hybridized carbons (Fsp3) is 0.625. The zero-order chi connectivity index (χ0) is 11.3. The molecule has 0 fully saturated rings. The second-order valence-electron chi connectivity index (χ2n) is 2.91. The third kappa shape index (κ3) is 3.14. The van der Waals surface area contributed by atoms with Crippen LogP contribution in [0.5, 0.6) is 0 Å². The molecule has 0 spiro atoms. The Hall–Kier alpha value is -1.21. The Bertz CT molecular complexity index is 328. The lowest BCUT2D eigenvalue weighted by molar-refractivity contribution is 0.0753. The number of aliphatic hydroxyl groups excluding tert-OH is 1. The quantitative estimate of drug-likeness (QED) is 0.740. The third-order valence-electron chi connectivity index (χ3n) is 1.88. The maximum Gasteiger partial charge on any atom is 0.284 e. The molecule has 1 aromatic rings. The van der Waals surface area contributed by atoms with Crippen LogP contribution in [-0.2, 0) is 0 Å². The third-order valence-corrected chi connectivity index (χ3v) is 2.62. The summed E-state index contributed by atoms with van der Waals surface area (Å²) in [4.78, 5) is 13.4. The first-order chi connectivity index (χ1) is 7.19. The van der Waals surface area contributed by atoms with E-state index in [0.717, 1.165) is 11.3 Å². The van der Waals surface area contributed by atoms with Crippen molar-refractivity contribution in [2.45, 2.75) is 13.3 Å². The molecular formula is C8H14N4O2S. The van der Waals surface area contributed by atoms with Crippen LogP contribution in [0.1, 0.15) is 23.1 Å². The molecular weight excluding hydrogens is 216 g/mol. The molecule has 0 aliphatic heterocycles. The smallest absolute Gasteiger partial charge is 0.284 e. The summed E-state index contributed by atoms with van der Waals surface area (Å²) >= 11 is 1.07. The molecule has 1 heterocycles. The first-order valence-electron chi connectivity index (χ1n) is 4.68. The molecule has 0 aromatic carbocycles. The predicted octanol–water partition coefficient (Wildman–Crippen LogP) is -0.0352. The van der Waals surface area contributed by atoms with E-state index in [0.29, 0.717) is 24.5 Å². The van der Waals surface area contributed by atoms with Gasteiger partial charge in [-0.15, -0.1) is 10.2 Å². The lowest BCUT2D eigenvalue weighted by Gasteiger charge is -2.18. The highest BCUT2D eigenvalue weighted by Gasteiger charge is 2.17. The van der Waals surface area contributed by atoms with Gasteiger partial charge in [-0.1, -0.05) is 11.3 Å². The monoisotopic (exact) mass is 230 g/mol. The van der Waals surface area contributed by atoms with Crippen molar-refractivity contribution in [1.82, 2.24) is 15.1 Å². The molecule has 0 unspecified atom stereocenters. The number of aromatic nitrogens is 2. The van der Waals surface area contributed by atoms with Crippen molar-refractivity contribution in [1.29, 1.82) is 0 Å². The van der Waals surface area contributed by atoms with Gasteiger partial charge in [-0.05, 0) is 13.3 Å². The first kappa shape index (κ1) is 11.9. The lowest BCUT2D eigenvalue weighted by Crippen LogP contribution is -2.32. The molecule has 0 aliphatic rings. The molecule has 0 aliphatic carbocycles. The molecule has 84 valence electrons. The molecule has 0 saturated heterocycles. The molecule has 3 N–H and O–H groups in total. The normalized spacial score (nSPS) is 10.3. The van der Waals surface area contributed by atoms with Crippen molar-refractivity contribution in [2.24, 2.45) is 0 Å². The summed E-state index contributed by atoms with van der Waals surface area (Å²) in [5, 5.41) is 16.5. The summed E-state index contributed by atoms with van der Waals surface area (Å²) in [6.07, 6.45) is 0.563. The zero-order valence-electron chi connectivity index (χ0n) is 8.51. The van der Waals surface area contributed by atoms with E-state index in [2.05, 4.69) is 10.2 Å². The molecule has 7 heteroatoms. The van der Waals surface area contributed by atoms with Gasteiger partial charge in [0.05, 0.1) is 0 Å². The van der Waals surface area contributed by atoms with Crippen molar-refractivity contribution >= 4 is 22.4 Å². The Morgan fingerprint density at radius 3 is 2.80 bits per heavy atom. The van der Waals surface area contributed by atoms with E-state index in [4.69, 9.17) is 10.8 Å². The predicted molar refractivity (Wildman–Crippen MR) is 57.6 cm³/mol. The Kier molecular flexibility index (Phi) is 4.44. The van der Waals surface area contributed by atoms with Crippen molar-refractivity contribution in [3.63, 3.8) is 0 Å². The van der Waals surface area contributed by atoms with Crippen molar-refractivity contribution in [2.75, 3.05) is 25.4 Å². The standard InChI is InChI=1S/C8H14N4O2S/c1-2-12(4-3-5-13)7(14)6-10-11-8(9)15-6/h13H,2-5H2,1H3,(H2,9,11). The van der Waals surface area contributed by atoms with Gasteiger partial charge in [-0.2, -0.15) is 0 Å². The minimum atomic E-state index is -0.180. The van der Waals surface area contributed by atoms with Gasteiger partial charge in [0.15, 0.2) is 0 Å². The van der Waals surface area contributed by atoms with Gasteiger partial charge in [-0.3, -0.25) is 4.79 Å². The second kappa shape index (κ2) is 5.62. The number of rotatable bonds is 5. The summed E-state index contributed by atoms with van der Waals surface area (Å²) in [7, 11) is 0. The molecule has 1 amide bonds. The van der Waals surface area contributed by atoms with Crippen LogP contribution < -0.4 is 5.73 Å². The van der Waals surface area contributed by atoms with Crippen LogP contribution in [0.4, 0.5) is 5.13 Å². The Morgan fingerprint density at radius 2 is 2.33 bits per heavy atom. The number of anilines is 1. The number of nitrogens with two attached hydrogens (primary N) is 1. The fourth-order valence-corrected chi connectivity index (χ4v) is 1.70. The van der Waals surface area contributed by atoms with E-state index in [9.17, 15) is 4.79 Å². The summed E-state index contributed by atoms with van der Waals surface area (Å²) in [6, 6.07) is 0. The number of hydrogen-bond donors (Lipinski definition) is 2. The van der Waals surface area contributed by atoms with Crippen LogP contribution >= 0.6 is 11.3 Å². The van der Waals surface area contributed by atoms with Crippen LogP contribution in [0.3, 0.4) is 0 Å². The maximum atomic E-state index is 11.8. The number of amides is 1. The number of nitrogen functional groups attached to an aromatic ring is 1. The van der Waals surface area contributed by atoms with Crippen LogP contribution in [-0.4, -0.2) is 45.8 Å². The number of carbonyl (C=O) groups excluding carboxylic acids is 1. The van der Waals surface area contributed by atoms with Crippen molar-refractivity contribution < 1.29 is 9.90 Å². The average molecular weight is 230 g/mol. The second-order valence-corrected chi connectivity index (χ2v) is 3.92. The van der Waals surface area contributed by atoms with Gasteiger partial charge in [0.1, 0.15) is 0 Å². The highest BCUT2D eigenvalue weighted by molar-refractivity contribution is 7.16. The molecule has 6 nitrogen and oxygen atoms in total.